The predicted octanol–water partition coefficient (Wildman–Crippen LogP) is 4.03. The molecular formula is C15H13BrN4. The Morgan fingerprint density at radius 1 is 1.05 bits per heavy atom. The van der Waals surface area contributed by atoms with Gasteiger partial charge in [-0.15, -0.1) is 0 Å². The minimum Gasteiger partial charge on any atom is -0.381 e. The molecule has 0 saturated heterocycles. The summed E-state index contributed by atoms with van der Waals surface area (Å²) in [6.07, 6.45) is 0. The first-order chi connectivity index (χ1) is 9.63. The molecule has 5 heteroatoms. The van der Waals surface area contributed by atoms with Crippen LogP contribution in [-0.4, -0.2) is 9.97 Å². The predicted molar refractivity (Wildman–Crippen MR) is 86.1 cm³/mol. The van der Waals surface area contributed by atoms with Crippen molar-refractivity contribution in [2.75, 3.05) is 11.1 Å². The zero-order valence-electron chi connectivity index (χ0n) is 10.9. The van der Waals surface area contributed by atoms with Crippen molar-refractivity contribution in [1.29, 1.82) is 0 Å². The van der Waals surface area contributed by atoms with E-state index in [4.69, 9.17) is 5.73 Å². The highest BCUT2D eigenvalue weighted by molar-refractivity contribution is 9.10. The molecule has 0 bridgehead atoms. The molecule has 2 aromatic carbocycles. The van der Waals surface area contributed by atoms with Gasteiger partial charge in [-0.2, -0.15) is 0 Å². The van der Waals surface area contributed by atoms with Crippen molar-refractivity contribution < 1.29 is 0 Å². The molecule has 100 valence electrons. The molecule has 0 amide bonds. The maximum atomic E-state index is 5.96. The molecule has 0 aliphatic rings. The summed E-state index contributed by atoms with van der Waals surface area (Å²) < 4.78 is 0.965. The van der Waals surface area contributed by atoms with E-state index in [0.29, 0.717) is 11.6 Å². The Kier molecular flexibility index (Phi) is 3.28. The minimum absolute atomic E-state index is 0.385. The standard InChI is InChI=1S/C15H13BrN4/c1-9-6-7-11(10(16)8-9)19-15-14(17)18-12-4-2-3-5-13(12)20-15/h2-8H,1H3,(H2,17,18)(H,19,20). The van der Waals surface area contributed by atoms with Gasteiger partial charge in [0.2, 0.25) is 0 Å². The zero-order valence-corrected chi connectivity index (χ0v) is 12.5. The molecule has 0 saturated carbocycles. The average molecular weight is 329 g/mol. The number of para-hydroxylation sites is 2. The summed E-state index contributed by atoms with van der Waals surface area (Å²) in [5.74, 6) is 0.949. The van der Waals surface area contributed by atoms with Crippen LogP contribution in [0.4, 0.5) is 17.3 Å². The minimum atomic E-state index is 0.385. The lowest BCUT2D eigenvalue weighted by molar-refractivity contribution is 1.28. The summed E-state index contributed by atoms with van der Waals surface area (Å²) in [5, 5.41) is 3.21. The molecule has 3 aromatic rings. The second-order valence-electron chi connectivity index (χ2n) is 4.55. The fourth-order valence-electron chi connectivity index (χ4n) is 1.95. The number of benzene rings is 2. The molecule has 0 aliphatic carbocycles. The maximum Gasteiger partial charge on any atom is 0.174 e. The van der Waals surface area contributed by atoms with Crippen molar-refractivity contribution in [1.82, 2.24) is 9.97 Å². The van der Waals surface area contributed by atoms with Crippen molar-refractivity contribution in [3.8, 4) is 0 Å². The van der Waals surface area contributed by atoms with Crippen LogP contribution < -0.4 is 11.1 Å². The highest BCUT2D eigenvalue weighted by Crippen LogP contribution is 2.28. The summed E-state index contributed by atoms with van der Waals surface area (Å²) >= 11 is 3.53. The first kappa shape index (κ1) is 12.9. The molecule has 3 rings (SSSR count). The normalized spacial score (nSPS) is 10.7. The number of aromatic nitrogens is 2. The van der Waals surface area contributed by atoms with Crippen LogP contribution in [0.3, 0.4) is 0 Å². The smallest absolute Gasteiger partial charge is 0.174 e. The molecule has 0 spiro atoms. The molecule has 0 unspecified atom stereocenters. The van der Waals surface area contributed by atoms with Crippen molar-refractivity contribution in [2.45, 2.75) is 6.92 Å². The van der Waals surface area contributed by atoms with Gasteiger partial charge in [0.25, 0.3) is 0 Å². The van der Waals surface area contributed by atoms with Crippen LogP contribution in [0.25, 0.3) is 11.0 Å². The number of nitrogens with two attached hydrogens (primary N) is 1. The fourth-order valence-corrected chi connectivity index (χ4v) is 2.55. The zero-order chi connectivity index (χ0) is 14.1. The van der Waals surface area contributed by atoms with Crippen LogP contribution in [0, 0.1) is 6.92 Å². The van der Waals surface area contributed by atoms with Gasteiger partial charge < -0.3 is 11.1 Å². The van der Waals surface area contributed by atoms with Crippen LogP contribution in [-0.2, 0) is 0 Å². The average Bonchev–Trinajstić information content (AvgIpc) is 2.42. The molecule has 20 heavy (non-hydrogen) atoms. The van der Waals surface area contributed by atoms with Crippen molar-refractivity contribution in [2.24, 2.45) is 0 Å². The Morgan fingerprint density at radius 2 is 1.75 bits per heavy atom. The fraction of sp³-hybridized carbons (Fsp3) is 0.0667. The summed E-state index contributed by atoms with van der Waals surface area (Å²) in [7, 11) is 0. The van der Waals surface area contributed by atoms with Crippen LogP contribution in [0.15, 0.2) is 46.9 Å². The second-order valence-corrected chi connectivity index (χ2v) is 5.41. The number of fused-ring (bicyclic) bond motifs is 1. The first-order valence-electron chi connectivity index (χ1n) is 6.19. The van der Waals surface area contributed by atoms with E-state index in [1.807, 2.05) is 49.4 Å². The quantitative estimate of drug-likeness (QED) is 0.745. The van der Waals surface area contributed by atoms with Crippen LogP contribution >= 0.6 is 15.9 Å². The lowest BCUT2D eigenvalue weighted by atomic mass is 10.2. The van der Waals surface area contributed by atoms with Crippen LogP contribution in [0.2, 0.25) is 0 Å². The van der Waals surface area contributed by atoms with Gasteiger partial charge in [0.05, 0.1) is 16.7 Å². The second kappa shape index (κ2) is 5.09. The van der Waals surface area contributed by atoms with Crippen LogP contribution in [0.1, 0.15) is 5.56 Å². The molecule has 0 radical (unpaired) electrons. The molecule has 4 nitrogen and oxygen atoms in total. The molecule has 0 aliphatic heterocycles. The Balaban J connectivity index is 2.03. The van der Waals surface area contributed by atoms with Crippen molar-refractivity contribution in [3.05, 3.63) is 52.5 Å². The van der Waals surface area contributed by atoms with Gasteiger partial charge in [-0.05, 0) is 52.7 Å². The van der Waals surface area contributed by atoms with Crippen molar-refractivity contribution >= 4 is 44.3 Å². The van der Waals surface area contributed by atoms with E-state index in [0.717, 1.165) is 21.2 Å². The van der Waals surface area contributed by atoms with Gasteiger partial charge in [-0.1, -0.05) is 18.2 Å². The maximum absolute atomic E-state index is 5.96. The van der Waals surface area contributed by atoms with Crippen LogP contribution in [0.5, 0.6) is 0 Å². The summed E-state index contributed by atoms with van der Waals surface area (Å²) in [5.41, 5.74) is 9.66. The first-order valence-corrected chi connectivity index (χ1v) is 6.98. The Morgan fingerprint density at radius 3 is 2.45 bits per heavy atom. The number of nitrogens with zero attached hydrogens (tertiary/aromatic N) is 2. The Labute approximate surface area is 125 Å². The van der Waals surface area contributed by atoms with E-state index in [1.54, 1.807) is 0 Å². The third kappa shape index (κ3) is 2.44. The molecule has 3 N–H and O–H groups in total. The van der Waals surface area contributed by atoms with E-state index < -0.39 is 0 Å². The highest BCUT2D eigenvalue weighted by atomic mass is 79.9. The van der Waals surface area contributed by atoms with E-state index >= 15 is 0 Å². The van der Waals surface area contributed by atoms with E-state index in [2.05, 4.69) is 31.2 Å². The lowest BCUT2D eigenvalue weighted by Gasteiger charge is -2.11. The summed E-state index contributed by atoms with van der Waals surface area (Å²) in [4.78, 5) is 8.87. The third-order valence-corrected chi connectivity index (χ3v) is 3.63. The molecule has 1 heterocycles. The monoisotopic (exact) mass is 328 g/mol. The molecule has 1 aromatic heterocycles. The van der Waals surface area contributed by atoms with Gasteiger partial charge in [-0.25, -0.2) is 9.97 Å². The number of anilines is 3. The number of nitrogens with one attached hydrogen (secondary N) is 1. The van der Waals surface area contributed by atoms with Gasteiger partial charge in [-0.3, -0.25) is 0 Å². The number of hydrogen-bond acceptors (Lipinski definition) is 4. The van der Waals surface area contributed by atoms with E-state index in [9.17, 15) is 0 Å². The Bertz CT molecular complexity index is 786. The third-order valence-electron chi connectivity index (χ3n) is 2.98. The number of rotatable bonds is 2. The Hall–Kier alpha value is -2.14. The van der Waals surface area contributed by atoms with E-state index in [-0.39, 0.29) is 0 Å². The summed E-state index contributed by atoms with van der Waals surface area (Å²) in [6, 6.07) is 13.7. The lowest BCUT2D eigenvalue weighted by Crippen LogP contribution is -2.02. The molecular weight excluding hydrogens is 316 g/mol. The molecule has 0 fully saturated rings. The highest BCUT2D eigenvalue weighted by Gasteiger charge is 2.08. The number of halogens is 1. The van der Waals surface area contributed by atoms with Gasteiger partial charge >= 0.3 is 0 Å². The molecule has 0 atom stereocenters. The number of nitrogen functional groups attached to an aromatic ring is 1. The van der Waals surface area contributed by atoms with Gasteiger partial charge in [0.1, 0.15) is 0 Å². The number of hydrogen-bond donors (Lipinski definition) is 2. The summed E-state index contributed by atoms with van der Waals surface area (Å²) in [6.45, 7) is 2.04. The SMILES string of the molecule is Cc1ccc(Nc2nc3ccccc3nc2N)c(Br)c1. The number of aryl methyl sites for hydroxylation is 1. The van der Waals surface area contributed by atoms with E-state index in [1.165, 1.54) is 5.56 Å². The topological polar surface area (TPSA) is 63.8 Å². The van der Waals surface area contributed by atoms with Crippen molar-refractivity contribution in [3.63, 3.8) is 0 Å². The largest absolute Gasteiger partial charge is 0.381 e. The van der Waals surface area contributed by atoms with Gasteiger partial charge in [0.15, 0.2) is 11.6 Å². The van der Waals surface area contributed by atoms with Gasteiger partial charge in [0, 0.05) is 4.47 Å².